The van der Waals surface area contributed by atoms with Gasteiger partial charge in [0.1, 0.15) is 18.5 Å². The van der Waals surface area contributed by atoms with Gasteiger partial charge in [-0.05, 0) is 66.4 Å². The number of nitrogens with two attached hydrogens (primary N) is 1. The number of carbonyl (C=O) groups is 2. The van der Waals surface area contributed by atoms with Gasteiger partial charge in [-0.25, -0.2) is 4.79 Å². The number of nitrogens with one attached hydrogen (secondary N) is 2. The van der Waals surface area contributed by atoms with Gasteiger partial charge in [0, 0.05) is 16.5 Å². The molecule has 5 N–H and O–H groups in total. The molecular weight excluding hydrogens is 490 g/mol. The molecule has 3 rings (SSSR count). The first-order chi connectivity index (χ1) is 17.9. The zero-order chi connectivity index (χ0) is 26.6. The van der Waals surface area contributed by atoms with E-state index < -0.39 is 12.2 Å². The molecule has 2 atom stereocenters. The van der Waals surface area contributed by atoms with E-state index in [0.29, 0.717) is 28.4 Å². The number of amides is 2. The lowest BCUT2D eigenvalue weighted by Crippen LogP contribution is -2.21. The summed E-state index contributed by atoms with van der Waals surface area (Å²) >= 11 is 1.61. The summed E-state index contributed by atoms with van der Waals surface area (Å²) in [6.45, 7) is 1.86. The van der Waals surface area contributed by atoms with Crippen LogP contribution in [0.5, 0.6) is 5.75 Å². The van der Waals surface area contributed by atoms with Crippen LogP contribution in [0.25, 0.3) is 0 Å². The number of carbonyl (C=O) groups excluding carboxylic acids is 2. The van der Waals surface area contributed by atoms with Crippen molar-refractivity contribution in [1.29, 1.82) is 0 Å². The Kier molecular flexibility index (Phi) is 10.4. The SMILES string of the molecule is CSc1ccc(NC(=O)O[C@@H](c2cccc(OCCO)c2)[C@H](C)/C=C/C(=O)Nc2ccccc2N)cc1. The lowest BCUT2D eigenvalue weighted by Gasteiger charge is -2.23. The molecule has 0 aliphatic heterocycles. The van der Waals surface area contributed by atoms with E-state index in [4.69, 9.17) is 20.3 Å². The lowest BCUT2D eigenvalue weighted by atomic mass is 9.96. The molecule has 0 fully saturated rings. The summed E-state index contributed by atoms with van der Waals surface area (Å²) in [4.78, 5) is 26.4. The zero-order valence-corrected chi connectivity index (χ0v) is 21.5. The first kappa shape index (κ1) is 27.6. The van der Waals surface area contributed by atoms with E-state index in [1.807, 2.05) is 31.4 Å². The zero-order valence-electron chi connectivity index (χ0n) is 20.7. The molecule has 2 amide bonds. The quantitative estimate of drug-likeness (QED) is 0.150. The summed E-state index contributed by atoms with van der Waals surface area (Å²) in [6.07, 6.45) is 3.67. The molecule has 8 nitrogen and oxygen atoms in total. The maximum atomic E-state index is 12.8. The molecule has 3 aromatic rings. The number of benzene rings is 3. The molecule has 0 aromatic heterocycles. The van der Waals surface area contributed by atoms with Crippen molar-refractivity contribution in [1.82, 2.24) is 0 Å². The lowest BCUT2D eigenvalue weighted by molar-refractivity contribution is -0.111. The number of thioether (sulfide) groups is 1. The summed E-state index contributed by atoms with van der Waals surface area (Å²) in [6, 6.07) is 21.5. The van der Waals surface area contributed by atoms with E-state index in [9.17, 15) is 9.59 Å². The second-order valence-corrected chi connectivity index (χ2v) is 9.00. The largest absolute Gasteiger partial charge is 0.491 e. The molecule has 0 aliphatic rings. The predicted molar refractivity (Wildman–Crippen MR) is 148 cm³/mol. The average molecular weight is 522 g/mol. The fourth-order valence-corrected chi connectivity index (χ4v) is 3.89. The maximum Gasteiger partial charge on any atom is 0.412 e. The van der Waals surface area contributed by atoms with Crippen molar-refractivity contribution in [2.45, 2.75) is 17.9 Å². The van der Waals surface area contributed by atoms with Crippen LogP contribution in [0.3, 0.4) is 0 Å². The number of aliphatic hydroxyl groups excluding tert-OH is 1. The van der Waals surface area contributed by atoms with E-state index in [0.717, 1.165) is 4.90 Å². The summed E-state index contributed by atoms with van der Waals surface area (Å²) in [5, 5.41) is 14.6. The summed E-state index contributed by atoms with van der Waals surface area (Å²) in [5.74, 6) is -0.208. The van der Waals surface area contributed by atoms with Crippen molar-refractivity contribution >= 4 is 40.8 Å². The monoisotopic (exact) mass is 521 g/mol. The van der Waals surface area contributed by atoms with E-state index in [1.54, 1.807) is 72.4 Å². The molecule has 37 heavy (non-hydrogen) atoms. The van der Waals surface area contributed by atoms with Crippen molar-refractivity contribution in [2.24, 2.45) is 5.92 Å². The number of rotatable bonds is 11. The van der Waals surface area contributed by atoms with Gasteiger partial charge in [-0.2, -0.15) is 0 Å². The number of ether oxygens (including phenoxy) is 2. The van der Waals surface area contributed by atoms with Gasteiger partial charge >= 0.3 is 6.09 Å². The van der Waals surface area contributed by atoms with Crippen molar-refractivity contribution in [3.63, 3.8) is 0 Å². The average Bonchev–Trinajstić information content (AvgIpc) is 2.91. The fourth-order valence-electron chi connectivity index (χ4n) is 3.49. The predicted octanol–water partition coefficient (Wildman–Crippen LogP) is 5.48. The minimum atomic E-state index is -0.728. The van der Waals surface area contributed by atoms with Crippen molar-refractivity contribution in [2.75, 3.05) is 35.8 Å². The molecule has 0 saturated carbocycles. The molecule has 3 aromatic carbocycles. The topological polar surface area (TPSA) is 123 Å². The van der Waals surface area contributed by atoms with Crippen LogP contribution in [0, 0.1) is 5.92 Å². The standard InChI is InChI=1S/C28H31N3O5S/c1-19(10-15-26(33)31-25-9-4-3-8-24(25)29)27(20-6-5-7-22(18-20)35-17-16-32)36-28(34)30-21-11-13-23(37-2)14-12-21/h3-15,18-19,27,32H,16-17,29H2,1-2H3,(H,30,34)(H,31,33)/b15-10+/t19-,27-/m1/s1. The number of hydrogen-bond acceptors (Lipinski definition) is 7. The third-order valence-corrected chi connectivity index (χ3v) is 6.11. The third kappa shape index (κ3) is 8.59. The molecule has 0 saturated heterocycles. The number of aliphatic hydroxyl groups is 1. The number of para-hydroxylation sites is 2. The van der Waals surface area contributed by atoms with Gasteiger partial charge in [-0.1, -0.05) is 37.3 Å². The Morgan fingerprint density at radius 1 is 1.05 bits per heavy atom. The van der Waals surface area contributed by atoms with Crippen LogP contribution in [-0.4, -0.2) is 36.6 Å². The van der Waals surface area contributed by atoms with Crippen molar-refractivity contribution < 1.29 is 24.2 Å². The molecule has 194 valence electrons. The third-order valence-electron chi connectivity index (χ3n) is 5.36. The highest BCUT2D eigenvalue weighted by Gasteiger charge is 2.23. The van der Waals surface area contributed by atoms with Crippen LogP contribution in [0.2, 0.25) is 0 Å². The minimum Gasteiger partial charge on any atom is -0.491 e. The summed E-state index contributed by atoms with van der Waals surface area (Å²) in [7, 11) is 0. The molecule has 0 radical (unpaired) electrons. The van der Waals surface area contributed by atoms with E-state index in [2.05, 4.69) is 10.6 Å². The van der Waals surface area contributed by atoms with Gasteiger partial charge < -0.3 is 25.6 Å². The van der Waals surface area contributed by atoms with E-state index in [1.165, 1.54) is 6.08 Å². The number of anilines is 3. The highest BCUT2D eigenvalue weighted by Crippen LogP contribution is 2.30. The van der Waals surface area contributed by atoms with Gasteiger partial charge in [-0.15, -0.1) is 11.8 Å². The Bertz CT molecular complexity index is 1220. The number of hydrogen-bond donors (Lipinski definition) is 4. The summed E-state index contributed by atoms with van der Waals surface area (Å²) < 4.78 is 11.3. The van der Waals surface area contributed by atoms with Crippen LogP contribution in [0.15, 0.2) is 89.8 Å². The molecule has 0 aliphatic carbocycles. The van der Waals surface area contributed by atoms with Crippen LogP contribution in [-0.2, 0) is 9.53 Å². The normalized spacial score (nSPS) is 12.5. The first-order valence-corrected chi connectivity index (χ1v) is 12.9. The molecule has 9 heteroatoms. The van der Waals surface area contributed by atoms with E-state index >= 15 is 0 Å². The van der Waals surface area contributed by atoms with Gasteiger partial charge in [0.05, 0.1) is 18.0 Å². The Hall–Kier alpha value is -3.95. The molecule has 0 spiro atoms. The van der Waals surface area contributed by atoms with Gasteiger partial charge in [0.15, 0.2) is 0 Å². The maximum absolute atomic E-state index is 12.8. The Morgan fingerprint density at radius 2 is 1.81 bits per heavy atom. The highest BCUT2D eigenvalue weighted by atomic mass is 32.2. The van der Waals surface area contributed by atoms with Crippen LogP contribution in [0.4, 0.5) is 21.9 Å². The Balaban J connectivity index is 1.77. The molecule has 0 heterocycles. The molecular formula is C28H31N3O5S. The smallest absolute Gasteiger partial charge is 0.412 e. The fraction of sp³-hybridized carbons (Fsp3) is 0.214. The van der Waals surface area contributed by atoms with Crippen LogP contribution in [0.1, 0.15) is 18.6 Å². The first-order valence-electron chi connectivity index (χ1n) is 11.7. The summed E-state index contributed by atoms with van der Waals surface area (Å²) in [5.41, 5.74) is 8.15. The van der Waals surface area contributed by atoms with Crippen molar-refractivity contribution in [3.05, 3.63) is 90.5 Å². The highest BCUT2D eigenvalue weighted by molar-refractivity contribution is 7.98. The van der Waals surface area contributed by atoms with E-state index in [-0.39, 0.29) is 25.0 Å². The number of nitrogen functional groups attached to an aromatic ring is 1. The van der Waals surface area contributed by atoms with Gasteiger partial charge in [-0.3, -0.25) is 10.1 Å². The van der Waals surface area contributed by atoms with Crippen LogP contribution < -0.4 is 21.1 Å². The molecule has 0 bridgehead atoms. The second-order valence-electron chi connectivity index (χ2n) is 8.12. The van der Waals surface area contributed by atoms with Crippen molar-refractivity contribution in [3.8, 4) is 5.75 Å². The minimum absolute atomic E-state index is 0.123. The Labute approximate surface area is 220 Å². The Morgan fingerprint density at radius 3 is 2.51 bits per heavy atom. The van der Waals surface area contributed by atoms with Gasteiger partial charge in [0.25, 0.3) is 0 Å². The van der Waals surface area contributed by atoms with Gasteiger partial charge in [0.2, 0.25) is 5.91 Å². The second kappa shape index (κ2) is 14.0. The van der Waals surface area contributed by atoms with Crippen LogP contribution >= 0.6 is 11.8 Å². The molecule has 0 unspecified atom stereocenters.